The summed E-state index contributed by atoms with van der Waals surface area (Å²) in [4.78, 5) is 12.4. The van der Waals surface area contributed by atoms with E-state index in [9.17, 15) is 4.79 Å². The summed E-state index contributed by atoms with van der Waals surface area (Å²) < 4.78 is 5.36. The molecule has 4 heteroatoms. The van der Waals surface area contributed by atoms with Crippen molar-refractivity contribution in [1.29, 1.82) is 0 Å². The molecule has 4 nitrogen and oxygen atoms in total. The van der Waals surface area contributed by atoms with Gasteiger partial charge in [-0.2, -0.15) is 0 Å². The lowest BCUT2D eigenvalue weighted by Gasteiger charge is -2.33. The summed E-state index contributed by atoms with van der Waals surface area (Å²) in [5, 5.41) is 6.37. The molecule has 2 aliphatic heterocycles. The van der Waals surface area contributed by atoms with E-state index in [0.29, 0.717) is 0 Å². The molecule has 2 N–H and O–H groups in total. The molecular weight excluding hydrogens is 228 g/mol. The van der Waals surface area contributed by atoms with Gasteiger partial charge in [-0.05, 0) is 43.5 Å². The molecule has 1 fully saturated rings. The van der Waals surface area contributed by atoms with Crippen LogP contribution in [0.25, 0.3) is 0 Å². The number of rotatable bonds is 1. The van der Waals surface area contributed by atoms with Gasteiger partial charge in [0, 0.05) is 6.54 Å². The molecule has 1 spiro atoms. The van der Waals surface area contributed by atoms with Crippen molar-refractivity contribution in [2.75, 3.05) is 25.5 Å². The zero-order chi connectivity index (χ0) is 12.8. The molecule has 0 bridgehead atoms. The van der Waals surface area contributed by atoms with E-state index < -0.39 is 5.41 Å². The highest BCUT2D eigenvalue weighted by molar-refractivity contribution is 6.08. The molecule has 1 unspecified atom stereocenters. The lowest BCUT2D eigenvalue weighted by Crippen LogP contribution is -2.48. The zero-order valence-electron chi connectivity index (χ0n) is 10.8. The first-order valence-electron chi connectivity index (χ1n) is 6.39. The van der Waals surface area contributed by atoms with Gasteiger partial charge < -0.3 is 15.4 Å². The molecular formula is C14H18N2O2. The fourth-order valence-electron chi connectivity index (χ4n) is 3.26. The number of fused-ring (bicyclic) bond motifs is 2. The van der Waals surface area contributed by atoms with Gasteiger partial charge in [-0.25, -0.2) is 0 Å². The highest BCUT2D eigenvalue weighted by Gasteiger charge is 2.49. The molecule has 0 aliphatic carbocycles. The molecule has 1 atom stereocenters. The van der Waals surface area contributed by atoms with Crippen molar-refractivity contribution in [1.82, 2.24) is 5.32 Å². The van der Waals surface area contributed by atoms with Crippen molar-refractivity contribution in [3.05, 3.63) is 23.3 Å². The molecule has 1 amide bonds. The van der Waals surface area contributed by atoms with Crippen LogP contribution in [0.5, 0.6) is 5.75 Å². The Morgan fingerprint density at radius 2 is 2.22 bits per heavy atom. The lowest BCUT2D eigenvalue weighted by atomic mass is 9.74. The predicted molar refractivity (Wildman–Crippen MR) is 70.1 cm³/mol. The summed E-state index contributed by atoms with van der Waals surface area (Å²) in [7, 11) is 1.64. The number of carbonyl (C=O) groups is 1. The number of amides is 1. The van der Waals surface area contributed by atoms with Crippen molar-refractivity contribution >= 4 is 11.6 Å². The monoisotopic (exact) mass is 246 g/mol. The lowest BCUT2D eigenvalue weighted by molar-refractivity contribution is -0.121. The van der Waals surface area contributed by atoms with E-state index >= 15 is 0 Å². The largest absolute Gasteiger partial charge is 0.495 e. The van der Waals surface area contributed by atoms with Crippen LogP contribution in [0.3, 0.4) is 0 Å². The van der Waals surface area contributed by atoms with Gasteiger partial charge in [0.2, 0.25) is 5.91 Å². The minimum atomic E-state index is -0.397. The Bertz CT molecular complexity index is 505. The van der Waals surface area contributed by atoms with Gasteiger partial charge >= 0.3 is 0 Å². The Balaban J connectivity index is 2.19. The smallest absolute Gasteiger partial charge is 0.236 e. The van der Waals surface area contributed by atoms with E-state index in [1.807, 2.05) is 12.1 Å². The number of aryl methyl sites for hydroxylation is 1. The molecule has 3 rings (SSSR count). The normalized spacial score (nSPS) is 26.0. The van der Waals surface area contributed by atoms with Crippen LogP contribution in [-0.4, -0.2) is 26.1 Å². The third-order valence-corrected chi connectivity index (χ3v) is 4.13. The average Bonchev–Trinajstić information content (AvgIpc) is 2.66. The fraction of sp³-hybridized carbons (Fsp3) is 0.500. The van der Waals surface area contributed by atoms with Crippen molar-refractivity contribution in [3.8, 4) is 5.75 Å². The van der Waals surface area contributed by atoms with E-state index in [4.69, 9.17) is 4.74 Å². The van der Waals surface area contributed by atoms with Gasteiger partial charge in [-0.15, -0.1) is 0 Å². The van der Waals surface area contributed by atoms with Crippen LogP contribution in [0.2, 0.25) is 0 Å². The Hall–Kier alpha value is -1.55. The van der Waals surface area contributed by atoms with Crippen molar-refractivity contribution < 1.29 is 9.53 Å². The van der Waals surface area contributed by atoms with Gasteiger partial charge in [0.1, 0.15) is 5.75 Å². The molecule has 96 valence electrons. The van der Waals surface area contributed by atoms with Crippen molar-refractivity contribution in [2.24, 2.45) is 0 Å². The van der Waals surface area contributed by atoms with Crippen molar-refractivity contribution in [2.45, 2.75) is 25.2 Å². The molecule has 0 saturated carbocycles. The summed E-state index contributed by atoms with van der Waals surface area (Å²) >= 11 is 0. The number of methoxy groups -OCH3 is 1. The Labute approximate surface area is 107 Å². The second-order valence-corrected chi connectivity index (χ2v) is 5.15. The van der Waals surface area contributed by atoms with Gasteiger partial charge in [0.05, 0.1) is 18.2 Å². The molecule has 0 radical (unpaired) electrons. The van der Waals surface area contributed by atoms with Gasteiger partial charge in [-0.1, -0.05) is 6.07 Å². The summed E-state index contributed by atoms with van der Waals surface area (Å²) in [6.45, 7) is 3.78. The second kappa shape index (κ2) is 3.99. The molecule has 1 saturated heterocycles. The average molecular weight is 246 g/mol. The second-order valence-electron chi connectivity index (χ2n) is 5.15. The minimum absolute atomic E-state index is 0.109. The first-order chi connectivity index (χ1) is 8.69. The number of hydrogen-bond donors (Lipinski definition) is 2. The minimum Gasteiger partial charge on any atom is -0.495 e. The Kier molecular flexibility index (Phi) is 2.55. The van der Waals surface area contributed by atoms with Crippen LogP contribution < -0.4 is 15.4 Å². The SMILES string of the molecule is COc1ccc(C)c2c1NC(=O)C21CCCNC1. The van der Waals surface area contributed by atoms with Crippen LogP contribution >= 0.6 is 0 Å². The van der Waals surface area contributed by atoms with E-state index in [1.165, 1.54) is 0 Å². The maximum atomic E-state index is 12.4. The number of carbonyl (C=O) groups excluding carboxylic acids is 1. The maximum absolute atomic E-state index is 12.4. The molecule has 1 aromatic rings. The molecule has 2 heterocycles. The molecule has 1 aromatic carbocycles. The quantitative estimate of drug-likeness (QED) is 0.791. The van der Waals surface area contributed by atoms with Crippen LogP contribution in [0.4, 0.5) is 5.69 Å². The highest BCUT2D eigenvalue weighted by Crippen LogP contribution is 2.47. The summed E-state index contributed by atoms with van der Waals surface area (Å²) in [5.74, 6) is 0.865. The van der Waals surface area contributed by atoms with Gasteiger partial charge in [-0.3, -0.25) is 4.79 Å². The summed E-state index contributed by atoms with van der Waals surface area (Å²) in [6, 6.07) is 3.96. The van der Waals surface area contributed by atoms with E-state index in [0.717, 1.165) is 48.5 Å². The van der Waals surface area contributed by atoms with Crippen LogP contribution in [0.15, 0.2) is 12.1 Å². The Morgan fingerprint density at radius 3 is 2.89 bits per heavy atom. The number of ether oxygens (including phenoxy) is 1. The highest BCUT2D eigenvalue weighted by atomic mass is 16.5. The number of hydrogen-bond acceptors (Lipinski definition) is 3. The third-order valence-electron chi connectivity index (χ3n) is 4.13. The zero-order valence-corrected chi connectivity index (χ0v) is 10.8. The number of anilines is 1. The fourth-order valence-corrected chi connectivity index (χ4v) is 3.26. The summed E-state index contributed by atoms with van der Waals surface area (Å²) in [6.07, 6.45) is 1.94. The standard InChI is InChI=1S/C14H18N2O2/c1-9-4-5-10(18-2)12-11(9)14(13(17)16-12)6-3-7-15-8-14/h4-5,15H,3,6-8H2,1-2H3,(H,16,17). The maximum Gasteiger partial charge on any atom is 0.236 e. The third kappa shape index (κ3) is 1.38. The van der Waals surface area contributed by atoms with Crippen molar-refractivity contribution in [3.63, 3.8) is 0 Å². The van der Waals surface area contributed by atoms with E-state index in [1.54, 1.807) is 7.11 Å². The molecule has 18 heavy (non-hydrogen) atoms. The van der Waals surface area contributed by atoms with E-state index in [2.05, 4.69) is 17.6 Å². The van der Waals surface area contributed by atoms with Crippen LogP contribution in [0.1, 0.15) is 24.0 Å². The van der Waals surface area contributed by atoms with E-state index in [-0.39, 0.29) is 5.91 Å². The number of nitrogens with one attached hydrogen (secondary N) is 2. The van der Waals surface area contributed by atoms with Gasteiger partial charge in [0.25, 0.3) is 0 Å². The van der Waals surface area contributed by atoms with Crippen LogP contribution in [0, 0.1) is 6.92 Å². The Morgan fingerprint density at radius 1 is 1.39 bits per heavy atom. The summed E-state index contributed by atoms with van der Waals surface area (Å²) in [5.41, 5.74) is 2.75. The van der Waals surface area contributed by atoms with Crippen LogP contribution in [-0.2, 0) is 10.2 Å². The predicted octanol–water partition coefficient (Wildman–Crippen LogP) is 1.58. The number of piperidine rings is 1. The first-order valence-corrected chi connectivity index (χ1v) is 6.39. The number of benzene rings is 1. The topological polar surface area (TPSA) is 50.4 Å². The molecule has 2 aliphatic rings. The first kappa shape index (κ1) is 11.5. The van der Waals surface area contributed by atoms with Gasteiger partial charge in [0.15, 0.2) is 0 Å². The molecule has 0 aromatic heterocycles.